The highest BCUT2D eigenvalue weighted by molar-refractivity contribution is 6.05. The van der Waals surface area contributed by atoms with Crippen molar-refractivity contribution >= 4 is 17.3 Å². The maximum absolute atomic E-state index is 13.2. The molecule has 0 saturated heterocycles. The Morgan fingerprint density at radius 1 is 1.47 bits per heavy atom. The average Bonchev–Trinajstić information content (AvgIpc) is 2.68. The number of nitrogens with two attached hydrogens (primary N) is 1. The van der Waals surface area contributed by atoms with E-state index < -0.39 is 11.7 Å². The molecule has 100 valence electrons. The van der Waals surface area contributed by atoms with Gasteiger partial charge in [-0.15, -0.1) is 0 Å². The van der Waals surface area contributed by atoms with E-state index in [4.69, 9.17) is 5.73 Å². The van der Waals surface area contributed by atoms with Gasteiger partial charge in [0.05, 0.1) is 11.4 Å². The molecular formula is C13H15FN4O. The van der Waals surface area contributed by atoms with Crippen LogP contribution < -0.4 is 11.1 Å². The molecule has 0 fully saturated rings. The SMILES string of the molecule is CCc1nn(C)cc1NC(=O)c1cc(N)cc(F)c1. The third-order valence-electron chi connectivity index (χ3n) is 2.67. The number of aryl methyl sites for hydroxylation is 2. The standard InChI is InChI=1S/C13H15FN4O/c1-3-11-12(7-18(2)17-11)16-13(19)8-4-9(14)6-10(15)5-8/h4-7H,3,15H2,1-2H3,(H,16,19). The first-order valence-electron chi connectivity index (χ1n) is 5.89. The lowest BCUT2D eigenvalue weighted by molar-refractivity contribution is 0.102. The number of halogens is 1. The molecule has 0 saturated carbocycles. The van der Waals surface area contributed by atoms with Crippen molar-refractivity contribution in [1.29, 1.82) is 0 Å². The molecule has 2 aromatic rings. The smallest absolute Gasteiger partial charge is 0.255 e. The van der Waals surface area contributed by atoms with Crippen LogP contribution in [0.2, 0.25) is 0 Å². The van der Waals surface area contributed by atoms with Crippen molar-refractivity contribution < 1.29 is 9.18 Å². The van der Waals surface area contributed by atoms with Gasteiger partial charge in [-0.3, -0.25) is 9.48 Å². The van der Waals surface area contributed by atoms with Crippen LogP contribution in [-0.2, 0) is 13.5 Å². The molecule has 0 spiro atoms. The van der Waals surface area contributed by atoms with Crippen LogP contribution in [0, 0.1) is 5.82 Å². The molecule has 2 rings (SSSR count). The summed E-state index contributed by atoms with van der Waals surface area (Å²) < 4.78 is 14.8. The number of rotatable bonds is 3. The monoisotopic (exact) mass is 262 g/mol. The molecule has 0 radical (unpaired) electrons. The fourth-order valence-corrected chi connectivity index (χ4v) is 1.84. The number of carbonyl (C=O) groups is 1. The summed E-state index contributed by atoms with van der Waals surface area (Å²) in [5.41, 5.74) is 7.31. The van der Waals surface area contributed by atoms with Gasteiger partial charge in [0.2, 0.25) is 0 Å². The van der Waals surface area contributed by atoms with E-state index in [1.165, 1.54) is 12.1 Å². The Morgan fingerprint density at radius 3 is 2.84 bits per heavy atom. The van der Waals surface area contributed by atoms with Crippen molar-refractivity contribution in [3.8, 4) is 0 Å². The van der Waals surface area contributed by atoms with Gasteiger partial charge in [-0.25, -0.2) is 4.39 Å². The van der Waals surface area contributed by atoms with E-state index >= 15 is 0 Å². The van der Waals surface area contributed by atoms with Crippen LogP contribution >= 0.6 is 0 Å². The zero-order valence-electron chi connectivity index (χ0n) is 10.8. The molecule has 19 heavy (non-hydrogen) atoms. The van der Waals surface area contributed by atoms with E-state index in [9.17, 15) is 9.18 Å². The highest BCUT2D eigenvalue weighted by Crippen LogP contribution is 2.17. The molecular weight excluding hydrogens is 247 g/mol. The third kappa shape index (κ3) is 2.90. The third-order valence-corrected chi connectivity index (χ3v) is 2.67. The Kier molecular flexibility index (Phi) is 3.50. The van der Waals surface area contributed by atoms with Crippen LogP contribution in [0.1, 0.15) is 23.0 Å². The zero-order valence-corrected chi connectivity index (χ0v) is 10.8. The first kappa shape index (κ1) is 13.1. The Hall–Kier alpha value is -2.37. The number of anilines is 2. The summed E-state index contributed by atoms with van der Waals surface area (Å²) in [6.07, 6.45) is 2.40. The second-order valence-corrected chi connectivity index (χ2v) is 4.24. The fourth-order valence-electron chi connectivity index (χ4n) is 1.84. The topological polar surface area (TPSA) is 72.9 Å². The normalized spacial score (nSPS) is 10.5. The summed E-state index contributed by atoms with van der Waals surface area (Å²) >= 11 is 0. The summed E-state index contributed by atoms with van der Waals surface area (Å²) in [6, 6.07) is 3.74. The Bertz CT molecular complexity index is 601. The van der Waals surface area contributed by atoms with Crippen LogP contribution in [-0.4, -0.2) is 15.7 Å². The molecule has 1 heterocycles. The van der Waals surface area contributed by atoms with Gasteiger partial charge in [-0.1, -0.05) is 6.92 Å². The highest BCUT2D eigenvalue weighted by atomic mass is 19.1. The Morgan fingerprint density at radius 2 is 2.21 bits per heavy atom. The van der Waals surface area contributed by atoms with E-state index in [0.29, 0.717) is 12.1 Å². The van der Waals surface area contributed by atoms with Crippen molar-refractivity contribution in [2.24, 2.45) is 7.05 Å². The number of nitrogen functional groups attached to an aromatic ring is 1. The summed E-state index contributed by atoms with van der Waals surface area (Å²) in [5.74, 6) is -0.944. The Balaban J connectivity index is 2.25. The zero-order chi connectivity index (χ0) is 14.0. The van der Waals surface area contributed by atoms with Gasteiger partial charge in [0.25, 0.3) is 5.91 Å². The lowest BCUT2D eigenvalue weighted by Gasteiger charge is -2.05. The number of hydrogen-bond donors (Lipinski definition) is 2. The quantitative estimate of drug-likeness (QED) is 0.830. The molecule has 5 nitrogen and oxygen atoms in total. The number of benzene rings is 1. The molecule has 1 aromatic carbocycles. The molecule has 1 amide bonds. The van der Waals surface area contributed by atoms with E-state index in [1.54, 1.807) is 17.9 Å². The number of nitrogens with one attached hydrogen (secondary N) is 1. The van der Waals surface area contributed by atoms with Gasteiger partial charge in [0.15, 0.2) is 0 Å². The molecule has 1 aromatic heterocycles. The van der Waals surface area contributed by atoms with Gasteiger partial charge in [-0.2, -0.15) is 5.10 Å². The summed E-state index contributed by atoms with van der Waals surface area (Å²) in [6.45, 7) is 1.94. The second kappa shape index (κ2) is 5.09. The summed E-state index contributed by atoms with van der Waals surface area (Å²) in [7, 11) is 1.77. The van der Waals surface area contributed by atoms with Crippen LogP contribution in [0.15, 0.2) is 24.4 Å². The number of nitrogens with zero attached hydrogens (tertiary/aromatic N) is 2. The second-order valence-electron chi connectivity index (χ2n) is 4.24. The van der Waals surface area contributed by atoms with Crippen molar-refractivity contribution in [3.63, 3.8) is 0 Å². The molecule has 0 aliphatic heterocycles. The minimum absolute atomic E-state index is 0.184. The molecule has 0 bridgehead atoms. The van der Waals surface area contributed by atoms with Gasteiger partial charge in [0.1, 0.15) is 5.82 Å². The van der Waals surface area contributed by atoms with Gasteiger partial charge < -0.3 is 11.1 Å². The van der Waals surface area contributed by atoms with Gasteiger partial charge in [-0.05, 0) is 24.6 Å². The fraction of sp³-hybridized carbons (Fsp3) is 0.231. The first-order chi connectivity index (χ1) is 8.99. The molecule has 0 unspecified atom stereocenters. The van der Waals surface area contributed by atoms with E-state index in [-0.39, 0.29) is 11.3 Å². The maximum Gasteiger partial charge on any atom is 0.255 e. The Labute approximate surface area is 110 Å². The number of hydrogen-bond acceptors (Lipinski definition) is 3. The first-order valence-corrected chi connectivity index (χ1v) is 5.89. The lowest BCUT2D eigenvalue weighted by atomic mass is 10.1. The molecule has 6 heteroatoms. The molecule has 0 aliphatic rings. The largest absolute Gasteiger partial charge is 0.399 e. The van der Waals surface area contributed by atoms with Gasteiger partial charge in [0, 0.05) is 24.5 Å². The maximum atomic E-state index is 13.2. The molecule has 0 aliphatic carbocycles. The predicted molar refractivity (Wildman–Crippen MR) is 71.4 cm³/mol. The average molecular weight is 262 g/mol. The minimum atomic E-state index is -0.535. The predicted octanol–water partition coefficient (Wildman–Crippen LogP) is 1.96. The minimum Gasteiger partial charge on any atom is -0.399 e. The molecule has 0 atom stereocenters. The van der Waals surface area contributed by atoms with Crippen molar-refractivity contribution in [2.75, 3.05) is 11.1 Å². The van der Waals surface area contributed by atoms with Crippen molar-refractivity contribution in [2.45, 2.75) is 13.3 Å². The van der Waals surface area contributed by atoms with Crippen molar-refractivity contribution in [1.82, 2.24) is 9.78 Å². The van der Waals surface area contributed by atoms with Gasteiger partial charge >= 0.3 is 0 Å². The summed E-state index contributed by atoms with van der Waals surface area (Å²) in [5, 5.41) is 6.92. The van der Waals surface area contributed by atoms with Crippen LogP contribution in [0.25, 0.3) is 0 Å². The van der Waals surface area contributed by atoms with Crippen LogP contribution in [0.5, 0.6) is 0 Å². The van der Waals surface area contributed by atoms with Crippen LogP contribution in [0.4, 0.5) is 15.8 Å². The lowest BCUT2D eigenvalue weighted by Crippen LogP contribution is -2.13. The summed E-state index contributed by atoms with van der Waals surface area (Å²) in [4.78, 5) is 12.0. The van der Waals surface area contributed by atoms with Crippen molar-refractivity contribution in [3.05, 3.63) is 41.5 Å². The number of aromatic nitrogens is 2. The molecule has 3 N–H and O–H groups in total. The van der Waals surface area contributed by atoms with Crippen LogP contribution in [0.3, 0.4) is 0 Å². The van der Waals surface area contributed by atoms with E-state index in [0.717, 1.165) is 11.8 Å². The highest BCUT2D eigenvalue weighted by Gasteiger charge is 2.12. The van der Waals surface area contributed by atoms with E-state index in [2.05, 4.69) is 10.4 Å². The van der Waals surface area contributed by atoms with E-state index in [1.807, 2.05) is 6.92 Å². The number of carbonyl (C=O) groups excluding carboxylic acids is 1. The number of amides is 1.